The Labute approximate surface area is 158 Å². The van der Waals surface area contributed by atoms with Crippen LogP contribution in [0.5, 0.6) is 11.5 Å². The molecule has 2 aromatic rings. The minimum absolute atomic E-state index is 0.0516. The van der Waals surface area contributed by atoms with E-state index in [2.05, 4.69) is 10.3 Å². The fraction of sp³-hybridized carbons (Fsp3) is 0.333. The topological polar surface area (TPSA) is 54.5 Å². The van der Waals surface area contributed by atoms with Gasteiger partial charge < -0.3 is 9.64 Å². The second-order valence-corrected chi connectivity index (χ2v) is 5.97. The second-order valence-electron chi connectivity index (χ2n) is 5.97. The monoisotopic (exact) mass is 403 g/mol. The van der Waals surface area contributed by atoms with Crippen LogP contribution in [0.2, 0.25) is 0 Å². The van der Waals surface area contributed by atoms with E-state index in [0.29, 0.717) is 0 Å². The molecule has 0 aliphatic heterocycles. The number of nitrogens with one attached hydrogen (secondary N) is 1. The first-order valence-corrected chi connectivity index (χ1v) is 8.31. The van der Waals surface area contributed by atoms with Crippen molar-refractivity contribution in [3.05, 3.63) is 48.2 Å². The van der Waals surface area contributed by atoms with Crippen LogP contribution in [-0.2, 0) is 0 Å². The van der Waals surface area contributed by atoms with Crippen LogP contribution in [0.15, 0.2) is 36.5 Å². The van der Waals surface area contributed by atoms with Crippen LogP contribution < -0.4 is 10.1 Å². The number of hydrogen-bond acceptors (Lipinski definition) is 3. The number of halogens is 5. The highest BCUT2D eigenvalue weighted by atomic mass is 19.4. The highest BCUT2D eigenvalue weighted by Gasteiger charge is 2.37. The number of anilines is 1. The molecule has 0 spiro atoms. The third-order valence-corrected chi connectivity index (χ3v) is 3.82. The van der Waals surface area contributed by atoms with Crippen molar-refractivity contribution in [2.24, 2.45) is 5.92 Å². The summed E-state index contributed by atoms with van der Waals surface area (Å²) in [4.78, 5) is 17.1. The molecular formula is C18H18F5N3O2. The maximum absolute atomic E-state index is 13.2. The van der Waals surface area contributed by atoms with Gasteiger partial charge in [-0.1, -0.05) is 6.92 Å². The SMILES string of the molecule is CCN(C[C@@H](C)C(F)(F)F)C(=O)Nc1ccc(Oc2ccc(F)c(F)c2)cn1. The Kier molecular flexibility index (Phi) is 6.76. The summed E-state index contributed by atoms with van der Waals surface area (Å²) in [6, 6.07) is 5.07. The molecule has 1 N–H and O–H groups in total. The summed E-state index contributed by atoms with van der Waals surface area (Å²) >= 11 is 0. The minimum atomic E-state index is -4.40. The van der Waals surface area contributed by atoms with E-state index in [9.17, 15) is 26.7 Å². The number of benzene rings is 1. The van der Waals surface area contributed by atoms with Crippen molar-refractivity contribution in [1.82, 2.24) is 9.88 Å². The zero-order chi connectivity index (χ0) is 20.9. The number of amides is 2. The summed E-state index contributed by atoms with van der Waals surface area (Å²) in [5.41, 5.74) is 0. The molecule has 2 amide bonds. The number of pyridine rings is 1. The molecule has 0 saturated carbocycles. The van der Waals surface area contributed by atoms with Gasteiger partial charge in [0.15, 0.2) is 11.6 Å². The van der Waals surface area contributed by atoms with E-state index in [1.165, 1.54) is 24.4 Å². The van der Waals surface area contributed by atoms with E-state index in [0.717, 1.165) is 24.0 Å². The molecule has 5 nitrogen and oxygen atoms in total. The Balaban J connectivity index is 1.98. The lowest BCUT2D eigenvalue weighted by Gasteiger charge is -2.25. The molecule has 28 heavy (non-hydrogen) atoms. The van der Waals surface area contributed by atoms with Gasteiger partial charge in [-0.15, -0.1) is 0 Å². The molecule has 0 saturated heterocycles. The Morgan fingerprint density at radius 3 is 2.39 bits per heavy atom. The van der Waals surface area contributed by atoms with E-state index < -0.39 is 36.3 Å². The molecule has 10 heteroatoms. The molecular weight excluding hydrogens is 385 g/mol. The van der Waals surface area contributed by atoms with Gasteiger partial charge in [0.25, 0.3) is 0 Å². The normalized spacial score (nSPS) is 12.4. The third kappa shape index (κ3) is 5.80. The number of hydrogen-bond donors (Lipinski definition) is 1. The lowest BCUT2D eigenvalue weighted by molar-refractivity contribution is -0.172. The molecule has 0 radical (unpaired) electrons. The molecule has 0 aliphatic carbocycles. The predicted octanol–water partition coefficient (Wildman–Crippen LogP) is 5.20. The van der Waals surface area contributed by atoms with Crippen molar-refractivity contribution >= 4 is 11.8 Å². The van der Waals surface area contributed by atoms with Crippen molar-refractivity contribution in [3.8, 4) is 11.5 Å². The molecule has 1 aromatic heterocycles. The van der Waals surface area contributed by atoms with Gasteiger partial charge in [-0.25, -0.2) is 18.6 Å². The first kappa shape index (κ1) is 21.4. The van der Waals surface area contributed by atoms with Gasteiger partial charge in [0.2, 0.25) is 0 Å². The maximum Gasteiger partial charge on any atom is 0.393 e. The van der Waals surface area contributed by atoms with Gasteiger partial charge in [0, 0.05) is 19.2 Å². The van der Waals surface area contributed by atoms with Crippen LogP contribution >= 0.6 is 0 Å². The zero-order valence-corrected chi connectivity index (χ0v) is 15.1. The van der Waals surface area contributed by atoms with Crippen molar-refractivity contribution in [2.45, 2.75) is 20.0 Å². The summed E-state index contributed by atoms with van der Waals surface area (Å²) < 4.78 is 69.4. The average molecular weight is 403 g/mol. The zero-order valence-electron chi connectivity index (χ0n) is 15.1. The minimum Gasteiger partial charge on any atom is -0.456 e. The van der Waals surface area contributed by atoms with Crippen LogP contribution in [0, 0.1) is 17.6 Å². The summed E-state index contributed by atoms with van der Waals surface area (Å²) in [7, 11) is 0. The van der Waals surface area contributed by atoms with Gasteiger partial charge in [-0.2, -0.15) is 13.2 Å². The van der Waals surface area contributed by atoms with Gasteiger partial charge in [0.1, 0.15) is 17.3 Å². The number of urea groups is 1. The number of rotatable bonds is 6. The van der Waals surface area contributed by atoms with Crippen LogP contribution in [-0.4, -0.2) is 35.2 Å². The molecule has 1 heterocycles. The highest BCUT2D eigenvalue weighted by molar-refractivity contribution is 5.88. The fourth-order valence-corrected chi connectivity index (χ4v) is 2.17. The molecule has 152 valence electrons. The first-order valence-electron chi connectivity index (χ1n) is 8.31. The van der Waals surface area contributed by atoms with Gasteiger partial charge in [-0.3, -0.25) is 5.32 Å². The predicted molar refractivity (Wildman–Crippen MR) is 92.2 cm³/mol. The van der Waals surface area contributed by atoms with E-state index >= 15 is 0 Å². The van der Waals surface area contributed by atoms with Gasteiger partial charge in [-0.05, 0) is 31.2 Å². The van der Waals surface area contributed by atoms with Crippen molar-refractivity contribution in [3.63, 3.8) is 0 Å². The van der Waals surface area contributed by atoms with Crippen LogP contribution in [0.4, 0.5) is 32.6 Å². The van der Waals surface area contributed by atoms with Crippen molar-refractivity contribution < 1.29 is 31.5 Å². The number of alkyl halides is 3. The summed E-state index contributed by atoms with van der Waals surface area (Å²) in [5.74, 6) is -3.40. The Morgan fingerprint density at radius 2 is 1.86 bits per heavy atom. The van der Waals surface area contributed by atoms with E-state index in [-0.39, 0.29) is 23.9 Å². The molecule has 1 atom stereocenters. The Hall–Kier alpha value is -2.91. The number of aromatic nitrogens is 1. The van der Waals surface area contributed by atoms with E-state index in [1.54, 1.807) is 6.92 Å². The van der Waals surface area contributed by atoms with Crippen LogP contribution in [0.3, 0.4) is 0 Å². The standard InChI is InChI=1S/C18H18F5N3O2/c1-3-26(10-11(2)18(21,22)23)17(27)25-16-7-5-13(9-24-16)28-12-4-6-14(19)15(20)8-12/h4-9,11H,3,10H2,1-2H3,(H,24,25,27)/t11-/m1/s1. The average Bonchev–Trinajstić information content (AvgIpc) is 2.63. The Bertz CT molecular complexity index is 812. The van der Waals surface area contributed by atoms with Crippen molar-refractivity contribution in [2.75, 3.05) is 18.4 Å². The second kappa shape index (κ2) is 8.85. The Morgan fingerprint density at radius 1 is 1.18 bits per heavy atom. The number of nitrogens with zero attached hydrogens (tertiary/aromatic N) is 2. The molecule has 0 aliphatic rings. The molecule has 1 aromatic carbocycles. The lowest BCUT2D eigenvalue weighted by atomic mass is 10.1. The largest absolute Gasteiger partial charge is 0.456 e. The fourth-order valence-electron chi connectivity index (χ4n) is 2.17. The molecule has 0 unspecified atom stereocenters. The van der Waals surface area contributed by atoms with Crippen LogP contribution in [0.25, 0.3) is 0 Å². The number of carbonyl (C=O) groups excluding carboxylic acids is 1. The van der Waals surface area contributed by atoms with E-state index in [4.69, 9.17) is 4.74 Å². The molecule has 2 rings (SSSR count). The summed E-state index contributed by atoms with van der Waals surface area (Å²) in [5, 5.41) is 2.40. The number of ether oxygens (including phenoxy) is 1. The smallest absolute Gasteiger partial charge is 0.393 e. The van der Waals surface area contributed by atoms with Crippen LogP contribution in [0.1, 0.15) is 13.8 Å². The number of carbonyl (C=O) groups is 1. The van der Waals surface area contributed by atoms with E-state index in [1.807, 2.05) is 0 Å². The highest BCUT2D eigenvalue weighted by Crippen LogP contribution is 2.27. The molecule has 0 bridgehead atoms. The van der Waals surface area contributed by atoms with Gasteiger partial charge in [0.05, 0.1) is 12.1 Å². The summed E-state index contributed by atoms with van der Waals surface area (Å²) in [6.07, 6.45) is -3.17. The van der Waals surface area contributed by atoms with Crippen molar-refractivity contribution in [1.29, 1.82) is 0 Å². The lowest BCUT2D eigenvalue weighted by Crippen LogP contribution is -2.41. The molecule has 0 fully saturated rings. The third-order valence-electron chi connectivity index (χ3n) is 3.82. The quantitative estimate of drug-likeness (QED) is 0.674. The first-order chi connectivity index (χ1) is 13.1. The maximum atomic E-state index is 13.2. The summed E-state index contributed by atoms with van der Waals surface area (Å²) in [6.45, 7) is 2.17. The van der Waals surface area contributed by atoms with Gasteiger partial charge >= 0.3 is 12.2 Å².